The van der Waals surface area contributed by atoms with Crippen molar-refractivity contribution in [2.24, 2.45) is 7.05 Å². The number of nitro groups is 1. The summed E-state index contributed by atoms with van der Waals surface area (Å²) < 4.78 is 5.90. The lowest BCUT2D eigenvalue weighted by molar-refractivity contribution is -0.384. The van der Waals surface area contributed by atoms with E-state index in [-0.39, 0.29) is 24.6 Å². The van der Waals surface area contributed by atoms with Crippen molar-refractivity contribution in [3.05, 3.63) is 15.8 Å². The maximum atomic E-state index is 11.0. The molecule has 0 aliphatic heterocycles. The summed E-state index contributed by atoms with van der Waals surface area (Å²) >= 11 is 0. The number of carbonyl (C=O) groups excluding carboxylic acids is 1. The number of aryl methyl sites for hydroxylation is 2. The molecule has 0 fully saturated rings. The number of esters is 1. The Morgan fingerprint density at radius 3 is 2.78 bits per heavy atom. The fourth-order valence-electron chi connectivity index (χ4n) is 1.58. The summed E-state index contributed by atoms with van der Waals surface area (Å²) in [7, 11) is 2.91. The molecule has 0 bridgehead atoms. The minimum Gasteiger partial charge on any atom is -0.469 e. The first kappa shape index (κ1) is 13.9. The quantitative estimate of drug-likeness (QED) is 0.460. The molecule has 0 amide bonds. The minimum atomic E-state index is -0.466. The van der Waals surface area contributed by atoms with Crippen LogP contribution in [0.1, 0.15) is 19.0 Å². The van der Waals surface area contributed by atoms with Gasteiger partial charge in [0.05, 0.1) is 18.5 Å². The molecule has 0 unspecified atom stereocenters. The van der Waals surface area contributed by atoms with Gasteiger partial charge in [0.2, 0.25) is 5.82 Å². The van der Waals surface area contributed by atoms with Crippen LogP contribution in [0.15, 0.2) is 0 Å². The Hall–Kier alpha value is -2.12. The molecule has 100 valence electrons. The maximum absolute atomic E-state index is 11.0. The number of rotatable bonds is 6. The van der Waals surface area contributed by atoms with Crippen LogP contribution in [0, 0.1) is 10.1 Å². The van der Waals surface area contributed by atoms with Gasteiger partial charge < -0.3 is 10.1 Å². The third-order valence-corrected chi connectivity index (χ3v) is 2.46. The number of carbonyl (C=O) groups is 1. The van der Waals surface area contributed by atoms with E-state index in [0.717, 1.165) is 0 Å². The number of anilines is 1. The van der Waals surface area contributed by atoms with Gasteiger partial charge >= 0.3 is 11.7 Å². The van der Waals surface area contributed by atoms with Crippen LogP contribution in [-0.4, -0.2) is 34.3 Å². The molecule has 0 aromatic carbocycles. The highest BCUT2D eigenvalue weighted by atomic mass is 16.6. The summed E-state index contributed by atoms with van der Waals surface area (Å²) in [6, 6.07) is 0. The number of hydrogen-bond acceptors (Lipinski definition) is 6. The van der Waals surface area contributed by atoms with Crippen molar-refractivity contribution in [2.75, 3.05) is 19.0 Å². The van der Waals surface area contributed by atoms with Gasteiger partial charge in [-0.05, 0) is 6.42 Å². The van der Waals surface area contributed by atoms with E-state index in [0.29, 0.717) is 17.9 Å². The fourth-order valence-corrected chi connectivity index (χ4v) is 1.58. The van der Waals surface area contributed by atoms with E-state index in [1.165, 1.54) is 11.8 Å². The number of hydrogen-bond donors (Lipinski definition) is 1. The SMILES string of the molecule is CCc1nn(C)c(NCCC(=O)OC)c1[N+](=O)[O-]. The maximum Gasteiger partial charge on any atom is 0.333 e. The Balaban J connectivity index is 2.84. The second-order valence-corrected chi connectivity index (χ2v) is 3.63. The normalized spacial score (nSPS) is 10.2. The third-order valence-electron chi connectivity index (χ3n) is 2.46. The summed E-state index contributed by atoms with van der Waals surface area (Å²) in [5.74, 6) is -0.0659. The predicted molar refractivity (Wildman–Crippen MR) is 64.4 cm³/mol. The summed E-state index contributed by atoms with van der Waals surface area (Å²) in [6.45, 7) is 2.06. The summed E-state index contributed by atoms with van der Waals surface area (Å²) in [5, 5.41) is 17.9. The summed E-state index contributed by atoms with van der Waals surface area (Å²) in [5.41, 5.74) is 0.382. The fraction of sp³-hybridized carbons (Fsp3) is 0.600. The van der Waals surface area contributed by atoms with Crippen LogP contribution in [0.3, 0.4) is 0 Å². The van der Waals surface area contributed by atoms with Crippen LogP contribution in [0.2, 0.25) is 0 Å². The monoisotopic (exact) mass is 256 g/mol. The average molecular weight is 256 g/mol. The lowest BCUT2D eigenvalue weighted by atomic mass is 10.3. The molecule has 0 aliphatic rings. The molecule has 1 aromatic heterocycles. The first-order valence-corrected chi connectivity index (χ1v) is 5.52. The first-order valence-electron chi connectivity index (χ1n) is 5.52. The Bertz CT molecular complexity index is 455. The number of nitrogens with zero attached hydrogens (tertiary/aromatic N) is 3. The van der Waals surface area contributed by atoms with Crippen molar-refractivity contribution >= 4 is 17.5 Å². The molecule has 1 heterocycles. The van der Waals surface area contributed by atoms with Crippen LogP contribution in [0.4, 0.5) is 11.5 Å². The zero-order chi connectivity index (χ0) is 13.7. The van der Waals surface area contributed by atoms with Crippen molar-refractivity contribution in [2.45, 2.75) is 19.8 Å². The second kappa shape index (κ2) is 5.99. The molecule has 0 radical (unpaired) electrons. The molecule has 8 heteroatoms. The van der Waals surface area contributed by atoms with Gasteiger partial charge in [0.1, 0.15) is 5.69 Å². The molecular weight excluding hydrogens is 240 g/mol. The molecule has 8 nitrogen and oxygen atoms in total. The van der Waals surface area contributed by atoms with E-state index in [1.807, 2.05) is 0 Å². The van der Waals surface area contributed by atoms with Crippen LogP contribution >= 0.6 is 0 Å². The second-order valence-electron chi connectivity index (χ2n) is 3.63. The zero-order valence-corrected chi connectivity index (χ0v) is 10.6. The highest BCUT2D eigenvalue weighted by Gasteiger charge is 2.25. The largest absolute Gasteiger partial charge is 0.469 e. The van der Waals surface area contributed by atoms with E-state index in [1.54, 1.807) is 14.0 Å². The molecule has 1 N–H and O–H groups in total. The molecule has 0 aliphatic carbocycles. The molecule has 0 atom stereocenters. The summed E-state index contributed by atoms with van der Waals surface area (Å²) in [6.07, 6.45) is 0.614. The van der Waals surface area contributed by atoms with Crippen molar-refractivity contribution in [1.82, 2.24) is 9.78 Å². The molecule has 1 rings (SSSR count). The smallest absolute Gasteiger partial charge is 0.333 e. The van der Waals surface area contributed by atoms with Crippen molar-refractivity contribution in [3.63, 3.8) is 0 Å². The van der Waals surface area contributed by atoms with Crippen LogP contribution in [0.5, 0.6) is 0 Å². The first-order chi connectivity index (χ1) is 8.51. The zero-order valence-electron chi connectivity index (χ0n) is 10.6. The van der Waals surface area contributed by atoms with Gasteiger partial charge in [-0.15, -0.1) is 0 Å². The van der Waals surface area contributed by atoms with E-state index in [4.69, 9.17) is 0 Å². The Morgan fingerprint density at radius 2 is 2.28 bits per heavy atom. The highest BCUT2D eigenvalue weighted by molar-refractivity contribution is 5.70. The molecular formula is C10H16N4O4. The van der Waals surface area contributed by atoms with Gasteiger partial charge in [-0.25, -0.2) is 4.68 Å². The van der Waals surface area contributed by atoms with E-state index < -0.39 is 4.92 Å². The van der Waals surface area contributed by atoms with Gasteiger partial charge in [0.25, 0.3) is 0 Å². The standard InChI is InChI=1S/C10H16N4O4/c1-4-7-9(14(16)17)10(13(2)12-7)11-6-5-8(15)18-3/h11H,4-6H2,1-3H3. The lowest BCUT2D eigenvalue weighted by Crippen LogP contribution is -2.12. The molecule has 0 saturated carbocycles. The predicted octanol–water partition coefficient (Wildman–Crippen LogP) is 0.866. The topological polar surface area (TPSA) is 99.3 Å². The van der Waals surface area contributed by atoms with Gasteiger partial charge in [-0.1, -0.05) is 6.92 Å². The average Bonchev–Trinajstić information content (AvgIpc) is 2.66. The Labute approximate surface area is 104 Å². The minimum absolute atomic E-state index is 0.0372. The number of aromatic nitrogens is 2. The number of ether oxygens (including phenoxy) is 1. The highest BCUT2D eigenvalue weighted by Crippen LogP contribution is 2.28. The van der Waals surface area contributed by atoms with Crippen molar-refractivity contribution in [3.8, 4) is 0 Å². The number of nitrogens with one attached hydrogen (secondary N) is 1. The van der Waals surface area contributed by atoms with Crippen LogP contribution < -0.4 is 5.32 Å². The van der Waals surface area contributed by atoms with Crippen LogP contribution in [-0.2, 0) is 23.0 Å². The van der Waals surface area contributed by atoms with E-state index >= 15 is 0 Å². The Kier molecular flexibility index (Phi) is 4.64. The lowest BCUT2D eigenvalue weighted by Gasteiger charge is -2.04. The van der Waals surface area contributed by atoms with Crippen LogP contribution in [0.25, 0.3) is 0 Å². The Morgan fingerprint density at radius 1 is 1.61 bits per heavy atom. The van der Waals surface area contributed by atoms with E-state index in [9.17, 15) is 14.9 Å². The van der Waals surface area contributed by atoms with Gasteiger partial charge in [-0.2, -0.15) is 5.10 Å². The summed E-state index contributed by atoms with van der Waals surface area (Å²) in [4.78, 5) is 21.5. The third kappa shape index (κ3) is 2.96. The molecule has 18 heavy (non-hydrogen) atoms. The molecule has 1 aromatic rings. The van der Waals surface area contributed by atoms with Gasteiger partial charge in [0.15, 0.2) is 0 Å². The number of methoxy groups -OCH3 is 1. The molecule has 0 spiro atoms. The van der Waals surface area contributed by atoms with Crippen molar-refractivity contribution < 1.29 is 14.5 Å². The van der Waals surface area contributed by atoms with Gasteiger partial charge in [-0.3, -0.25) is 14.9 Å². The van der Waals surface area contributed by atoms with Gasteiger partial charge in [0, 0.05) is 13.6 Å². The molecule has 0 saturated heterocycles. The van der Waals surface area contributed by atoms with Crippen molar-refractivity contribution in [1.29, 1.82) is 0 Å². The van der Waals surface area contributed by atoms with E-state index in [2.05, 4.69) is 15.2 Å².